The third kappa shape index (κ3) is 2.05. The van der Waals surface area contributed by atoms with Crippen molar-refractivity contribution >= 4 is 28.8 Å². The molecular formula is C8H9ClN4S. The summed E-state index contributed by atoms with van der Waals surface area (Å²) >= 11 is 7.38. The Morgan fingerprint density at radius 1 is 1.57 bits per heavy atom. The summed E-state index contributed by atoms with van der Waals surface area (Å²) in [4.78, 5) is 1.19. The summed E-state index contributed by atoms with van der Waals surface area (Å²) in [5.74, 6) is 0.898. The molecule has 0 unspecified atom stereocenters. The lowest BCUT2D eigenvalue weighted by molar-refractivity contribution is 0.717. The molecule has 0 spiro atoms. The normalized spacial score (nSPS) is 10.4. The Balaban J connectivity index is 1.98. The Kier molecular flexibility index (Phi) is 2.69. The number of hydrogen-bond acceptors (Lipinski definition) is 4. The van der Waals surface area contributed by atoms with Crippen molar-refractivity contribution in [3.63, 3.8) is 0 Å². The first-order valence-electron chi connectivity index (χ1n) is 4.08. The lowest BCUT2D eigenvalue weighted by Gasteiger charge is -2.02. The maximum absolute atomic E-state index is 5.81. The van der Waals surface area contributed by atoms with E-state index in [2.05, 4.69) is 15.6 Å². The highest BCUT2D eigenvalue weighted by Gasteiger charge is 2.00. The highest BCUT2D eigenvalue weighted by molar-refractivity contribution is 7.16. The standard InChI is InChI=1S/C8H9ClN4S/c1-13-8(5-11-12-13)10-4-6-2-3-7(9)14-6/h2-3,5,10H,4H2,1H3. The van der Waals surface area contributed by atoms with Gasteiger partial charge in [-0.1, -0.05) is 16.8 Å². The van der Waals surface area contributed by atoms with Crippen molar-refractivity contribution in [2.75, 3.05) is 5.32 Å². The first-order chi connectivity index (χ1) is 6.75. The number of halogens is 1. The predicted octanol–water partition coefficient (Wildman–Crippen LogP) is 2.14. The van der Waals surface area contributed by atoms with Gasteiger partial charge in [0, 0.05) is 11.9 Å². The van der Waals surface area contributed by atoms with Crippen LogP contribution in [0, 0.1) is 0 Å². The van der Waals surface area contributed by atoms with Crippen LogP contribution in [0.3, 0.4) is 0 Å². The summed E-state index contributed by atoms with van der Waals surface area (Å²) in [6, 6.07) is 3.90. The number of nitrogens with one attached hydrogen (secondary N) is 1. The number of aromatic nitrogens is 3. The minimum absolute atomic E-state index is 0.749. The molecule has 2 rings (SSSR count). The second kappa shape index (κ2) is 3.98. The summed E-state index contributed by atoms with van der Waals surface area (Å²) in [6.07, 6.45) is 1.69. The Bertz CT molecular complexity index is 422. The van der Waals surface area contributed by atoms with E-state index >= 15 is 0 Å². The van der Waals surface area contributed by atoms with Gasteiger partial charge in [0.2, 0.25) is 0 Å². The Morgan fingerprint density at radius 2 is 2.43 bits per heavy atom. The van der Waals surface area contributed by atoms with Crippen molar-refractivity contribution in [3.05, 3.63) is 27.5 Å². The van der Waals surface area contributed by atoms with E-state index in [0.717, 1.165) is 16.7 Å². The van der Waals surface area contributed by atoms with Gasteiger partial charge in [-0.15, -0.1) is 16.4 Å². The van der Waals surface area contributed by atoms with Crippen molar-refractivity contribution in [1.29, 1.82) is 0 Å². The summed E-state index contributed by atoms with van der Waals surface area (Å²) < 4.78 is 2.50. The molecule has 0 atom stereocenters. The van der Waals surface area contributed by atoms with Gasteiger partial charge in [0.25, 0.3) is 0 Å². The minimum atomic E-state index is 0.749. The fraction of sp³-hybridized carbons (Fsp3) is 0.250. The van der Waals surface area contributed by atoms with E-state index in [-0.39, 0.29) is 0 Å². The summed E-state index contributed by atoms with van der Waals surface area (Å²) in [7, 11) is 1.84. The average molecular weight is 229 g/mol. The zero-order valence-corrected chi connectivity index (χ0v) is 9.14. The van der Waals surface area contributed by atoms with E-state index in [1.807, 2.05) is 19.2 Å². The van der Waals surface area contributed by atoms with Crippen molar-refractivity contribution in [2.45, 2.75) is 6.54 Å². The maximum atomic E-state index is 5.81. The molecule has 0 aliphatic heterocycles. The molecule has 0 aliphatic carbocycles. The average Bonchev–Trinajstić information content (AvgIpc) is 2.72. The highest BCUT2D eigenvalue weighted by Crippen LogP contribution is 2.21. The van der Waals surface area contributed by atoms with Crippen LogP contribution in [0.5, 0.6) is 0 Å². The van der Waals surface area contributed by atoms with Crippen LogP contribution in [0.2, 0.25) is 4.34 Å². The molecule has 6 heteroatoms. The molecule has 0 saturated carbocycles. The second-order valence-corrected chi connectivity index (χ2v) is 4.60. The molecule has 0 saturated heterocycles. The predicted molar refractivity (Wildman–Crippen MR) is 57.7 cm³/mol. The number of rotatable bonds is 3. The molecule has 2 aromatic heterocycles. The quantitative estimate of drug-likeness (QED) is 0.876. The topological polar surface area (TPSA) is 42.7 Å². The molecule has 4 nitrogen and oxygen atoms in total. The zero-order valence-electron chi connectivity index (χ0n) is 7.57. The van der Waals surface area contributed by atoms with E-state index < -0.39 is 0 Å². The van der Waals surface area contributed by atoms with Gasteiger partial charge in [0.05, 0.1) is 17.1 Å². The van der Waals surface area contributed by atoms with Crippen LogP contribution in [0.1, 0.15) is 4.88 Å². The first kappa shape index (κ1) is 9.48. The summed E-state index contributed by atoms with van der Waals surface area (Å²) in [5.41, 5.74) is 0. The van der Waals surface area contributed by atoms with Crippen LogP contribution >= 0.6 is 22.9 Å². The molecule has 0 radical (unpaired) electrons. The number of hydrogen-bond donors (Lipinski definition) is 1. The number of thiophene rings is 1. The van der Waals surface area contributed by atoms with Crippen molar-refractivity contribution in [1.82, 2.24) is 15.0 Å². The summed E-state index contributed by atoms with van der Waals surface area (Å²) in [5, 5.41) is 10.8. The molecule has 14 heavy (non-hydrogen) atoms. The smallest absolute Gasteiger partial charge is 0.144 e. The fourth-order valence-electron chi connectivity index (χ4n) is 1.07. The number of nitrogens with zero attached hydrogens (tertiary/aromatic N) is 3. The van der Waals surface area contributed by atoms with Crippen molar-refractivity contribution in [3.8, 4) is 0 Å². The van der Waals surface area contributed by atoms with Crippen LogP contribution in [0.25, 0.3) is 0 Å². The first-order valence-corrected chi connectivity index (χ1v) is 5.28. The maximum Gasteiger partial charge on any atom is 0.144 e. The SMILES string of the molecule is Cn1nncc1NCc1ccc(Cl)s1. The molecule has 1 N–H and O–H groups in total. The van der Waals surface area contributed by atoms with Gasteiger partial charge in [-0.25, -0.2) is 4.68 Å². The van der Waals surface area contributed by atoms with E-state index in [1.54, 1.807) is 22.2 Å². The van der Waals surface area contributed by atoms with Gasteiger partial charge in [-0.3, -0.25) is 0 Å². The van der Waals surface area contributed by atoms with Crippen LogP contribution in [0.15, 0.2) is 18.3 Å². The van der Waals surface area contributed by atoms with Crippen LogP contribution in [-0.4, -0.2) is 15.0 Å². The van der Waals surface area contributed by atoms with E-state index in [9.17, 15) is 0 Å². The molecule has 2 aromatic rings. The third-order valence-corrected chi connectivity index (χ3v) is 3.02. The number of anilines is 1. The molecule has 0 aliphatic rings. The molecule has 0 bridgehead atoms. The molecule has 2 heterocycles. The van der Waals surface area contributed by atoms with Gasteiger partial charge in [0.15, 0.2) is 0 Å². The monoisotopic (exact) mass is 228 g/mol. The third-order valence-electron chi connectivity index (χ3n) is 1.79. The molecule has 0 aromatic carbocycles. The van der Waals surface area contributed by atoms with Gasteiger partial charge in [0.1, 0.15) is 5.82 Å². The fourth-order valence-corrected chi connectivity index (χ4v) is 2.10. The van der Waals surface area contributed by atoms with Gasteiger partial charge < -0.3 is 5.32 Å². The minimum Gasteiger partial charge on any atom is -0.364 e. The van der Waals surface area contributed by atoms with Crippen molar-refractivity contribution in [2.24, 2.45) is 7.05 Å². The Hall–Kier alpha value is -1.07. The van der Waals surface area contributed by atoms with E-state index in [4.69, 9.17) is 11.6 Å². The second-order valence-electron chi connectivity index (χ2n) is 2.80. The largest absolute Gasteiger partial charge is 0.364 e. The highest BCUT2D eigenvalue weighted by atomic mass is 35.5. The van der Waals surface area contributed by atoms with Crippen LogP contribution in [-0.2, 0) is 13.6 Å². The zero-order chi connectivity index (χ0) is 9.97. The number of aryl methyl sites for hydroxylation is 1. The van der Waals surface area contributed by atoms with E-state index in [1.165, 1.54) is 4.88 Å². The summed E-state index contributed by atoms with van der Waals surface area (Å²) in [6.45, 7) is 0.749. The lowest BCUT2D eigenvalue weighted by Crippen LogP contribution is -2.03. The lowest BCUT2D eigenvalue weighted by atomic mass is 10.4. The molecule has 0 amide bonds. The molecule has 74 valence electrons. The van der Waals surface area contributed by atoms with Crippen molar-refractivity contribution < 1.29 is 0 Å². The van der Waals surface area contributed by atoms with Crippen LogP contribution in [0.4, 0.5) is 5.82 Å². The Labute approximate surface area is 90.5 Å². The van der Waals surface area contributed by atoms with Gasteiger partial charge >= 0.3 is 0 Å². The van der Waals surface area contributed by atoms with Crippen LogP contribution < -0.4 is 5.32 Å². The van der Waals surface area contributed by atoms with Gasteiger partial charge in [-0.2, -0.15) is 0 Å². The Morgan fingerprint density at radius 3 is 3.00 bits per heavy atom. The van der Waals surface area contributed by atoms with Gasteiger partial charge in [-0.05, 0) is 12.1 Å². The molecular weight excluding hydrogens is 220 g/mol. The molecule has 0 fully saturated rings. The van der Waals surface area contributed by atoms with E-state index in [0.29, 0.717) is 0 Å².